The van der Waals surface area contributed by atoms with Crippen molar-refractivity contribution in [3.63, 3.8) is 0 Å². The molecule has 1 atom stereocenters. The zero-order valence-corrected chi connectivity index (χ0v) is 15.6. The van der Waals surface area contributed by atoms with E-state index in [1.54, 1.807) is 28.8 Å². The van der Waals surface area contributed by atoms with E-state index >= 15 is 0 Å². The molecule has 0 bridgehead atoms. The minimum absolute atomic E-state index is 0.309. The third-order valence-electron chi connectivity index (χ3n) is 3.93. The molecular formula is C16H15N5O6S. The number of nitro groups is 1. The van der Waals surface area contributed by atoms with Crippen LogP contribution in [0.15, 0.2) is 47.5 Å². The van der Waals surface area contributed by atoms with E-state index < -0.39 is 37.5 Å². The molecule has 0 saturated carbocycles. The van der Waals surface area contributed by atoms with E-state index in [1.807, 2.05) is 0 Å². The van der Waals surface area contributed by atoms with Gasteiger partial charge in [0.05, 0.1) is 23.6 Å². The number of nitro benzene ring substituents is 1. The predicted molar refractivity (Wildman–Crippen MR) is 96.2 cm³/mol. The van der Waals surface area contributed by atoms with Gasteiger partial charge in [-0.2, -0.15) is 0 Å². The van der Waals surface area contributed by atoms with Crippen molar-refractivity contribution in [2.75, 3.05) is 7.11 Å². The van der Waals surface area contributed by atoms with Gasteiger partial charge in [0.15, 0.2) is 11.5 Å². The second-order valence-electron chi connectivity index (χ2n) is 5.76. The van der Waals surface area contributed by atoms with Crippen LogP contribution in [0.3, 0.4) is 0 Å². The first kappa shape index (κ1) is 19.4. The lowest BCUT2D eigenvalue weighted by Crippen LogP contribution is -2.29. The molecular weight excluding hydrogens is 390 g/mol. The standard InChI is InChI=1S/C16H15N5O6S/c1-10(15-18-17-14-5-3-4-8-20(14)15)19-28(25,26)13-9-11(21(23)24)6-7-12(13)16(22)27-2/h3-10,19H,1-2H3/t10-/m1/s1. The van der Waals surface area contributed by atoms with Gasteiger partial charge < -0.3 is 4.74 Å². The molecule has 0 unspecified atom stereocenters. The first-order valence-corrected chi connectivity index (χ1v) is 9.41. The summed E-state index contributed by atoms with van der Waals surface area (Å²) in [6, 6.07) is 7.23. The van der Waals surface area contributed by atoms with E-state index in [2.05, 4.69) is 19.7 Å². The largest absolute Gasteiger partial charge is 0.465 e. The van der Waals surface area contributed by atoms with Crippen LogP contribution < -0.4 is 4.72 Å². The van der Waals surface area contributed by atoms with Crippen molar-refractivity contribution in [2.45, 2.75) is 17.9 Å². The SMILES string of the molecule is COC(=O)c1ccc([N+](=O)[O-])cc1S(=O)(=O)N[C@H](C)c1nnc2ccccn12. The molecule has 11 nitrogen and oxygen atoms in total. The number of fused-ring (bicyclic) bond motifs is 1. The molecule has 0 fully saturated rings. The van der Waals surface area contributed by atoms with Crippen LogP contribution in [0.4, 0.5) is 5.69 Å². The summed E-state index contributed by atoms with van der Waals surface area (Å²) in [4.78, 5) is 21.7. The highest BCUT2D eigenvalue weighted by Crippen LogP contribution is 2.25. The lowest BCUT2D eigenvalue weighted by Gasteiger charge is -2.14. The Labute approximate surface area is 159 Å². The number of benzene rings is 1. The molecule has 2 aromatic heterocycles. The van der Waals surface area contributed by atoms with Gasteiger partial charge in [-0.1, -0.05) is 6.07 Å². The molecule has 0 aliphatic heterocycles. The van der Waals surface area contributed by atoms with Gasteiger partial charge in [0, 0.05) is 18.3 Å². The van der Waals surface area contributed by atoms with Crippen LogP contribution in [-0.4, -0.2) is 41.0 Å². The summed E-state index contributed by atoms with van der Waals surface area (Å²) in [5, 5.41) is 19.0. The summed E-state index contributed by atoms with van der Waals surface area (Å²) < 4.78 is 34.3. The first-order chi connectivity index (χ1) is 13.2. The zero-order valence-electron chi connectivity index (χ0n) is 14.8. The molecule has 1 aromatic carbocycles. The fourth-order valence-electron chi connectivity index (χ4n) is 2.63. The average molecular weight is 405 g/mol. The lowest BCUT2D eigenvalue weighted by molar-refractivity contribution is -0.385. The Balaban J connectivity index is 2.03. The molecule has 3 aromatic rings. The van der Waals surface area contributed by atoms with E-state index in [-0.39, 0.29) is 5.56 Å². The Kier molecular flexibility index (Phi) is 5.07. The Morgan fingerprint density at radius 3 is 2.71 bits per heavy atom. The van der Waals surface area contributed by atoms with Crippen LogP contribution in [0.2, 0.25) is 0 Å². The van der Waals surface area contributed by atoms with E-state index in [1.165, 1.54) is 6.92 Å². The number of hydrogen-bond acceptors (Lipinski definition) is 8. The van der Waals surface area contributed by atoms with Gasteiger partial charge in [-0.3, -0.25) is 14.5 Å². The third-order valence-corrected chi connectivity index (χ3v) is 5.51. The number of carbonyl (C=O) groups is 1. The highest BCUT2D eigenvalue weighted by atomic mass is 32.2. The number of methoxy groups -OCH3 is 1. The van der Waals surface area contributed by atoms with Crippen molar-refractivity contribution >= 4 is 27.3 Å². The molecule has 0 saturated heterocycles. The number of rotatable bonds is 6. The van der Waals surface area contributed by atoms with E-state index in [0.717, 1.165) is 25.3 Å². The maximum Gasteiger partial charge on any atom is 0.339 e. The first-order valence-electron chi connectivity index (χ1n) is 7.93. The summed E-state index contributed by atoms with van der Waals surface area (Å²) in [7, 11) is -3.25. The van der Waals surface area contributed by atoms with Gasteiger partial charge in [-0.25, -0.2) is 17.9 Å². The molecule has 0 spiro atoms. The van der Waals surface area contributed by atoms with Crippen molar-refractivity contribution in [3.8, 4) is 0 Å². The summed E-state index contributed by atoms with van der Waals surface area (Å²) in [5.74, 6) is -0.625. The van der Waals surface area contributed by atoms with Gasteiger partial charge >= 0.3 is 5.97 Å². The second-order valence-corrected chi connectivity index (χ2v) is 7.44. The molecule has 3 rings (SSSR count). The van der Waals surface area contributed by atoms with Crippen LogP contribution >= 0.6 is 0 Å². The van der Waals surface area contributed by atoms with Crippen molar-refractivity contribution < 1.29 is 22.9 Å². The van der Waals surface area contributed by atoms with Crippen molar-refractivity contribution in [1.29, 1.82) is 0 Å². The maximum atomic E-state index is 12.9. The Bertz CT molecular complexity index is 1170. The zero-order chi connectivity index (χ0) is 20.5. The fraction of sp³-hybridized carbons (Fsp3) is 0.188. The molecule has 0 aliphatic rings. The van der Waals surface area contributed by atoms with Crippen LogP contribution in [-0.2, 0) is 14.8 Å². The fourth-order valence-corrected chi connectivity index (χ4v) is 4.04. The smallest absolute Gasteiger partial charge is 0.339 e. The molecule has 0 amide bonds. The molecule has 146 valence electrons. The summed E-state index contributed by atoms with van der Waals surface area (Å²) in [6.07, 6.45) is 1.67. The molecule has 0 aliphatic carbocycles. The number of nitrogens with one attached hydrogen (secondary N) is 1. The van der Waals surface area contributed by atoms with Crippen molar-refractivity contribution in [2.24, 2.45) is 0 Å². The van der Waals surface area contributed by atoms with E-state index in [0.29, 0.717) is 11.5 Å². The third kappa shape index (κ3) is 3.54. The number of hydrogen-bond donors (Lipinski definition) is 1. The van der Waals surface area contributed by atoms with Crippen molar-refractivity contribution in [3.05, 3.63) is 64.1 Å². The minimum Gasteiger partial charge on any atom is -0.465 e. The number of non-ortho nitro benzene ring substituents is 1. The molecule has 12 heteroatoms. The van der Waals surface area contributed by atoms with Crippen LogP contribution in [0.5, 0.6) is 0 Å². The summed E-state index contributed by atoms with van der Waals surface area (Å²) >= 11 is 0. The molecule has 1 N–H and O–H groups in total. The van der Waals surface area contributed by atoms with Gasteiger partial charge in [-0.05, 0) is 25.1 Å². The predicted octanol–water partition coefficient (Wildman–Crippen LogP) is 1.46. The van der Waals surface area contributed by atoms with Crippen LogP contribution in [0.1, 0.15) is 29.1 Å². The number of esters is 1. The highest BCUT2D eigenvalue weighted by molar-refractivity contribution is 7.89. The molecule has 2 heterocycles. The second kappa shape index (κ2) is 7.32. The molecule has 28 heavy (non-hydrogen) atoms. The van der Waals surface area contributed by atoms with Gasteiger partial charge in [0.25, 0.3) is 5.69 Å². The highest BCUT2D eigenvalue weighted by Gasteiger charge is 2.29. The van der Waals surface area contributed by atoms with Crippen LogP contribution in [0, 0.1) is 10.1 Å². The monoisotopic (exact) mass is 405 g/mol. The lowest BCUT2D eigenvalue weighted by atomic mass is 10.2. The topological polar surface area (TPSA) is 146 Å². The van der Waals surface area contributed by atoms with E-state index in [9.17, 15) is 23.3 Å². The normalized spacial score (nSPS) is 12.6. The van der Waals surface area contributed by atoms with Gasteiger partial charge in [0.2, 0.25) is 10.0 Å². The van der Waals surface area contributed by atoms with E-state index in [4.69, 9.17) is 0 Å². The Morgan fingerprint density at radius 1 is 1.29 bits per heavy atom. The maximum absolute atomic E-state index is 12.9. The minimum atomic E-state index is -4.33. The Morgan fingerprint density at radius 2 is 2.04 bits per heavy atom. The quantitative estimate of drug-likeness (QED) is 0.368. The average Bonchev–Trinajstić information content (AvgIpc) is 3.10. The van der Waals surface area contributed by atoms with Crippen molar-refractivity contribution in [1.82, 2.24) is 19.3 Å². The summed E-state index contributed by atoms with van der Waals surface area (Å²) in [5.41, 5.74) is -0.276. The number of sulfonamides is 1. The number of pyridine rings is 1. The number of nitrogens with zero attached hydrogens (tertiary/aromatic N) is 4. The number of aromatic nitrogens is 3. The Hall–Kier alpha value is -3.38. The number of ether oxygens (including phenoxy) is 1. The van der Waals surface area contributed by atoms with Gasteiger partial charge in [-0.15, -0.1) is 10.2 Å². The summed E-state index contributed by atoms with van der Waals surface area (Å²) in [6.45, 7) is 1.54. The number of carbonyl (C=O) groups excluding carboxylic acids is 1. The van der Waals surface area contributed by atoms with Crippen LogP contribution in [0.25, 0.3) is 5.65 Å². The molecule has 0 radical (unpaired) electrons. The van der Waals surface area contributed by atoms with Gasteiger partial charge in [0.1, 0.15) is 4.90 Å².